The lowest BCUT2D eigenvalue weighted by Gasteiger charge is -2.25. The largest absolute Gasteiger partial charge is 0.481 e. The van der Waals surface area contributed by atoms with E-state index in [2.05, 4.69) is 16.0 Å². The maximum absolute atomic E-state index is 12.6. The Bertz CT molecular complexity index is 721. The van der Waals surface area contributed by atoms with Crippen LogP contribution in [0.2, 0.25) is 0 Å². The number of primary amides is 1. The number of aliphatic carboxylic acids is 2. The summed E-state index contributed by atoms with van der Waals surface area (Å²) in [6.07, 6.45) is -1.81. The highest BCUT2D eigenvalue weighted by molar-refractivity contribution is 5.96. The van der Waals surface area contributed by atoms with Crippen molar-refractivity contribution < 1.29 is 44.1 Å². The molecule has 0 aliphatic carbocycles. The van der Waals surface area contributed by atoms with Gasteiger partial charge in [-0.3, -0.25) is 24.0 Å². The van der Waals surface area contributed by atoms with Gasteiger partial charge in [0.05, 0.1) is 25.0 Å². The third kappa shape index (κ3) is 8.55. The fourth-order valence-corrected chi connectivity index (χ4v) is 2.89. The molecule has 174 valence electrons. The van der Waals surface area contributed by atoms with Crippen molar-refractivity contribution in [3.8, 4) is 0 Å². The van der Waals surface area contributed by atoms with Crippen LogP contribution in [0.5, 0.6) is 0 Å². The third-order valence-electron chi connectivity index (χ3n) is 4.47. The molecule has 1 aliphatic rings. The number of carboxylic acid groups (broad SMARTS) is 2. The number of aliphatic hydroxyl groups is 1. The minimum atomic E-state index is -1.70. The average molecular weight is 445 g/mol. The van der Waals surface area contributed by atoms with Gasteiger partial charge in [-0.15, -0.1) is 0 Å². The third-order valence-corrected chi connectivity index (χ3v) is 4.47. The second-order valence-electron chi connectivity index (χ2n) is 7.10. The Morgan fingerprint density at radius 1 is 1.00 bits per heavy atom. The van der Waals surface area contributed by atoms with Crippen molar-refractivity contribution in [3.63, 3.8) is 0 Å². The molecule has 0 aromatic heterocycles. The molecular formula is C17H27N5O9. The first-order chi connectivity index (χ1) is 14.4. The minimum absolute atomic E-state index is 0.502. The van der Waals surface area contributed by atoms with Gasteiger partial charge in [-0.1, -0.05) is 0 Å². The molecule has 4 amide bonds. The molecule has 1 fully saturated rings. The number of carbonyl (C=O) groups excluding carboxylic acids is 4. The van der Waals surface area contributed by atoms with Crippen LogP contribution < -0.4 is 27.0 Å². The molecule has 0 aromatic carbocycles. The van der Waals surface area contributed by atoms with Crippen LogP contribution >= 0.6 is 0 Å². The quantitative estimate of drug-likeness (QED) is 0.145. The number of hydrogen-bond acceptors (Lipinski definition) is 8. The number of carboxylic acids is 2. The zero-order chi connectivity index (χ0) is 23.7. The molecule has 9 N–H and O–H groups in total. The molecule has 0 bridgehead atoms. The van der Waals surface area contributed by atoms with Crippen molar-refractivity contribution in [1.29, 1.82) is 0 Å². The van der Waals surface area contributed by atoms with Crippen LogP contribution in [-0.2, 0) is 28.8 Å². The molecule has 0 radical (unpaired) electrons. The van der Waals surface area contributed by atoms with E-state index in [-0.39, 0.29) is 0 Å². The fraction of sp³-hybridized carbons (Fsp3) is 0.647. The standard InChI is InChI=1S/C17H27N5O9/c1-7(23)13(16(29)21-10(17(30)31)5-11(18)24)22-15(28)9(6-12(25)26)20-14(27)8-3-2-4-19-8/h7-10,13,19,23H,2-6H2,1H3,(H2,18,24)(H,20,27)(H,21,29)(H,22,28)(H,25,26)(H,30,31). The first-order valence-corrected chi connectivity index (χ1v) is 9.47. The number of carbonyl (C=O) groups is 6. The van der Waals surface area contributed by atoms with Gasteiger partial charge in [0, 0.05) is 0 Å². The van der Waals surface area contributed by atoms with E-state index in [1.807, 2.05) is 5.32 Å². The molecule has 1 heterocycles. The fourth-order valence-electron chi connectivity index (χ4n) is 2.89. The number of nitrogens with two attached hydrogens (primary N) is 1. The molecular weight excluding hydrogens is 418 g/mol. The van der Waals surface area contributed by atoms with Crippen molar-refractivity contribution in [2.24, 2.45) is 5.73 Å². The Balaban J connectivity index is 2.90. The minimum Gasteiger partial charge on any atom is -0.481 e. The van der Waals surface area contributed by atoms with Crippen molar-refractivity contribution in [3.05, 3.63) is 0 Å². The Morgan fingerprint density at radius 3 is 2.10 bits per heavy atom. The van der Waals surface area contributed by atoms with E-state index >= 15 is 0 Å². The molecule has 0 aromatic rings. The molecule has 1 rings (SSSR count). The van der Waals surface area contributed by atoms with Crippen LogP contribution in [0.15, 0.2) is 0 Å². The maximum atomic E-state index is 12.6. The van der Waals surface area contributed by atoms with E-state index in [9.17, 15) is 33.9 Å². The zero-order valence-electron chi connectivity index (χ0n) is 16.8. The smallest absolute Gasteiger partial charge is 0.326 e. The van der Waals surface area contributed by atoms with E-state index in [1.54, 1.807) is 0 Å². The van der Waals surface area contributed by atoms with Crippen molar-refractivity contribution in [2.45, 2.75) is 62.9 Å². The molecule has 1 saturated heterocycles. The summed E-state index contributed by atoms with van der Waals surface area (Å²) in [5.41, 5.74) is 4.93. The maximum Gasteiger partial charge on any atom is 0.326 e. The highest BCUT2D eigenvalue weighted by Gasteiger charge is 2.34. The van der Waals surface area contributed by atoms with E-state index < -0.39 is 78.7 Å². The Morgan fingerprint density at radius 2 is 1.65 bits per heavy atom. The molecule has 5 atom stereocenters. The Labute approximate surface area is 176 Å². The summed E-state index contributed by atoms with van der Waals surface area (Å²) in [6.45, 7) is 1.72. The van der Waals surface area contributed by atoms with Crippen LogP contribution in [0.25, 0.3) is 0 Å². The van der Waals surface area contributed by atoms with Gasteiger partial charge in [-0.2, -0.15) is 0 Å². The lowest BCUT2D eigenvalue weighted by molar-refractivity contribution is -0.145. The van der Waals surface area contributed by atoms with E-state index in [1.165, 1.54) is 0 Å². The average Bonchev–Trinajstić information content (AvgIpc) is 3.18. The number of nitrogens with one attached hydrogen (secondary N) is 4. The monoisotopic (exact) mass is 445 g/mol. The van der Waals surface area contributed by atoms with Crippen LogP contribution in [0.4, 0.5) is 0 Å². The first-order valence-electron chi connectivity index (χ1n) is 9.47. The van der Waals surface area contributed by atoms with Crippen LogP contribution in [0.1, 0.15) is 32.6 Å². The Hall–Kier alpha value is -3.26. The van der Waals surface area contributed by atoms with Crippen LogP contribution in [0.3, 0.4) is 0 Å². The van der Waals surface area contributed by atoms with Crippen LogP contribution in [0, 0.1) is 0 Å². The predicted octanol–water partition coefficient (Wildman–Crippen LogP) is -3.99. The van der Waals surface area contributed by atoms with Gasteiger partial charge in [0.25, 0.3) is 0 Å². The van der Waals surface area contributed by atoms with E-state index in [0.29, 0.717) is 13.0 Å². The van der Waals surface area contributed by atoms with Crippen molar-refractivity contribution >= 4 is 35.6 Å². The SMILES string of the molecule is CC(O)C(NC(=O)C(CC(=O)O)NC(=O)C1CCCN1)C(=O)NC(CC(N)=O)C(=O)O. The molecule has 1 aliphatic heterocycles. The molecule has 14 heteroatoms. The normalized spacial score (nSPS) is 19.4. The van der Waals surface area contributed by atoms with E-state index in [4.69, 9.17) is 15.9 Å². The summed E-state index contributed by atoms with van der Waals surface area (Å²) in [7, 11) is 0. The lowest BCUT2D eigenvalue weighted by Crippen LogP contribution is -2.60. The number of rotatable bonds is 12. The van der Waals surface area contributed by atoms with Crippen molar-refractivity contribution in [1.82, 2.24) is 21.3 Å². The van der Waals surface area contributed by atoms with Crippen LogP contribution in [-0.4, -0.2) is 87.7 Å². The van der Waals surface area contributed by atoms with Gasteiger partial charge in [-0.05, 0) is 26.3 Å². The molecule has 31 heavy (non-hydrogen) atoms. The van der Waals surface area contributed by atoms with Crippen molar-refractivity contribution in [2.75, 3.05) is 6.54 Å². The summed E-state index contributed by atoms with van der Waals surface area (Å²) in [5.74, 6) is -6.78. The van der Waals surface area contributed by atoms with Gasteiger partial charge >= 0.3 is 11.9 Å². The zero-order valence-corrected chi connectivity index (χ0v) is 16.8. The highest BCUT2D eigenvalue weighted by atomic mass is 16.4. The second-order valence-corrected chi connectivity index (χ2v) is 7.10. The topological polar surface area (TPSA) is 237 Å². The van der Waals surface area contributed by atoms with E-state index in [0.717, 1.165) is 13.3 Å². The second kappa shape index (κ2) is 11.8. The Kier molecular flexibility index (Phi) is 9.82. The summed E-state index contributed by atoms with van der Waals surface area (Å²) >= 11 is 0. The summed E-state index contributed by atoms with van der Waals surface area (Å²) in [4.78, 5) is 70.4. The molecule has 0 spiro atoms. The van der Waals surface area contributed by atoms with Gasteiger partial charge in [0.15, 0.2) is 0 Å². The number of aliphatic hydroxyl groups excluding tert-OH is 1. The highest BCUT2D eigenvalue weighted by Crippen LogP contribution is 2.06. The molecule has 5 unspecified atom stereocenters. The molecule has 0 saturated carbocycles. The van der Waals surface area contributed by atoms with Gasteiger partial charge in [0.2, 0.25) is 23.6 Å². The molecule has 14 nitrogen and oxygen atoms in total. The summed E-state index contributed by atoms with van der Waals surface area (Å²) in [6, 6.07) is -5.54. The lowest BCUT2D eigenvalue weighted by atomic mass is 10.1. The summed E-state index contributed by atoms with van der Waals surface area (Å²) in [5, 5.41) is 37.2. The first kappa shape index (κ1) is 25.8. The number of hydrogen-bond donors (Lipinski definition) is 8. The number of amides is 4. The predicted molar refractivity (Wildman–Crippen MR) is 102 cm³/mol. The van der Waals surface area contributed by atoms with Gasteiger partial charge < -0.3 is 42.3 Å². The van der Waals surface area contributed by atoms with Gasteiger partial charge in [0.1, 0.15) is 18.1 Å². The summed E-state index contributed by atoms with van der Waals surface area (Å²) < 4.78 is 0. The van der Waals surface area contributed by atoms with Gasteiger partial charge in [-0.25, -0.2) is 4.79 Å².